The number of hydrogen-bond acceptors (Lipinski definition) is 3. The number of hydrogen-bond donors (Lipinski definition) is 1. The quantitative estimate of drug-likeness (QED) is 0.902. The lowest BCUT2D eigenvalue weighted by atomic mass is 10.00. The van der Waals surface area contributed by atoms with Gasteiger partial charge in [-0.1, -0.05) is 30.2 Å². The van der Waals surface area contributed by atoms with E-state index in [1.54, 1.807) is 0 Å². The largest absolute Gasteiger partial charge is 0.348 e. The summed E-state index contributed by atoms with van der Waals surface area (Å²) in [5.74, 6) is 0.139. The average molecular weight is 329 g/mol. The van der Waals surface area contributed by atoms with Crippen LogP contribution in [0.2, 0.25) is 0 Å². The van der Waals surface area contributed by atoms with Crippen LogP contribution in [0, 0.1) is 13.8 Å². The molecule has 2 fully saturated rings. The molecule has 132 valence electrons. The number of benzene rings is 1. The molecule has 0 radical (unpaired) electrons. The van der Waals surface area contributed by atoms with Gasteiger partial charge in [-0.25, -0.2) is 0 Å². The summed E-state index contributed by atoms with van der Waals surface area (Å²) in [7, 11) is 0. The molecule has 1 atom stereocenters. The number of nitrogens with zero attached hydrogens (tertiary/aromatic N) is 2. The summed E-state index contributed by atoms with van der Waals surface area (Å²) < 4.78 is 0. The van der Waals surface area contributed by atoms with Crippen LogP contribution in [0.5, 0.6) is 0 Å². The third kappa shape index (κ3) is 4.17. The zero-order valence-electron chi connectivity index (χ0n) is 15.3. The fraction of sp³-hybridized carbons (Fsp3) is 0.650. The molecule has 1 N–H and O–H groups in total. The van der Waals surface area contributed by atoms with Gasteiger partial charge in [-0.05, 0) is 57.8 Å². The van der Waals surface area contributed by atoms with Crippen LogP contribution in [0.4, 0.5) is 0 Å². The van der Waals surface area contributed by atoms with Crippen LogP contribution in [-0.2, 0) is 4.79 Å². The second-order valence-electron chi connectivity index (χ2n) is 7.59. The van der Waals surface area contributed by atoms with Crippen LogP contribution >= 0.6 is 0 Å². The Morgan fingerprint density at radius 2 is 1.92 bits per heavy atom. The average Bonchev–Trinajstić information content (AvgIpc) is 2.53. The Balaban J connectivity index is 1.44. The lowest BCUT2D eigenvalue weighted by molar-refractivity contribution is -0.125. The fourth-order valence-electron chi connectivity index (χ4n) is 3.98. The molecule has 0 aliphatic carbocycles. The van der Waals surface area contributed by atoms with E-state index in [1.807, 2.05) is 0 Å². The fourth-order valence-corrected chi connectivity index (χ4v) is 3.98. The van der Waals surface area contributed by atoms with Gasteiger partial charge in [0.05, 0.1) is 12.6 Å². The summed E-state index contributed by atoms with van der Waals surface area (Å²) in [5.41, 5.74) is 3.70. The highest BCUT2D eigenvalue weighted by Gasteiger charge is 2.33. The molecule has 4 heteroatoms. The van der Waals surface area contributed by atoms with Gasteiger partial charge in [0.1, 0.15) is 0 Å². The molecule has 24 heavy (non-hydrogen) atoms. The van der Waals surface area contributed by atoms with Crippen molar-refractivity contribution in [3.63, 3.8) is 0 Å². The maximum absolute atomic E-state index is 12.3. The summed E-state index contributed by atoms with van der Waals surface area (Å²) >= 11 is 0. The molecule has 1 aromatic rings. The number of nitrogens with one attached hydrogen (secondary N) is 1. The maximum atomic E-state index is 12.3. The van der Waals surface area contributed by atoms with E-state index in [4.69, 9.17) is 0 Å². The first-order chi connectivity index (χ1) is 11.5. The number of rotatable bonds is 5. The van der Waals surface area contributed by atoms with Crippen molar-refractivity contribution in [3.05, 3.63) is 34.9 Å². The number of piperidine rings is 1. The van der Waals surface area contributed by atoms with Crippen molar-refractivity contribution in [2.24, 2.45) is 0 Å². The van der Waals surface area contributed by atoms with Crippen molar-refractivity contribution in [3.8, 4) is 0 Å². The number of likely N-dealkylation sites (tertiary alicyclic amines) is 2. The molecule has 4 nitrogen and oxygen atoms in total. The van der Waals surface area contributed by atoms with Crippen LogP contribution in [0.15, 0.2) is 18.2 Å². The predicted molar refractivity (Wildman–Crippen MR) is 98.1 cm³/mol. The van der Waals surface area contributed by atoms with Crippen LogP contribution in [0.1, 0.15) is 48.9 Å². The minimum absolute atomic E-state index is 0.0663. The summed E-state index contributed by atoms with van der Waals surface area (Å²) in [4.78, 5) is 17.2. The van der Waals surface area contributed by atoms with Gasteiger partial charge in [0.15, 0.2) is 0 Å². The highest BCUT2D eigenvalue weighted by atomic mass is 16.2. The smallest absolute Gasteiger partial charge is 0.234 e. The Bertz CT molecular complexity index is 574. The third-order valence-electron chi connectivity index (χ3n) is 5.49. The molecule has 1 aromatic carbocycles. The van der Waals surface area contributed by atoms with E-state index in [9.17, 15) is 4.79 Å². The van der Waals surface area contributed by atoms with Crippen molar-refractivity contribution in [1.29, 1.82) is 0 Å². The Morgan fingerprint density at radius 1 is 1.21 bits per heavy atom. The molecule has 1 amide bonds. The number of carbonyl (C=O) groups excluding carboxylic acids is 1. The summed E-state index contributed by atoms with van der Waals surface area (Å²) in [6, 6.07) is 7.17. The highest BCUT2D eigenvalue weighted by Crippen LogP contribution is 2.21. The lowest BCUT2D eigenvalue weighted by Gasteiger charge is -2.46. The first kappa shape index (κ1) is 17.4. The van der Waals surface area contributed by atoms with E-state index < -0.39 is 0 Å². The van der Waals surface area contributed by atoms with Crippen molar-refractivity contribution in [2.75, 3.05) is 32.7 Å². The van der Waals surface area contributed by atoms with Crippen LogP contribution in [0.25, 0.3) is 0 Å². The number of amides is 1. The van der Waals surface area contributed by atoms with Gasteiger partial charge < -0.3 is 5.32 Å². The lowest BCUT2D eigenvalue weighted by Crippen LogP contribution is -2.61. The van der Waals surface area contributed by atoms with Crippen molar-refractivity contribution in [2.45, 2.75) is 52.1 Å². The minimum Gasteiger partial charge on any atom is -0.348 e. The van der Waals surface area contributed by atoms with E-state index in [-0.39, 0.29) is 11.9 Å². The highest BCUT2D eigenvalue weighted by molar-refractivity contribution is 5.78. The first-order valence-electron chi connectivity index (χ1n) is 9.36. The number of carbonyl (C=O) groups is 1. The van der Waals surface area contributed by atoms with Gasteiger partial charge in [-0.3, -0.25) is 14.6 Å². The van der Waals surface area contributed by atoms with Crippen molar-refractivity contribution < 1.29 is 4.79 Å². The van der Waals surface area contributed by atoms with Gasteiger partial charge in [0.2, 0.25) is 5.91 Å². The topological polar surface area (TPSA) is 35.6 Å². The standard InChI is InChI=1S/C20H31N3O/c1-15-7-8-16(2)19(11-15)17(3)21-20(24)14-22-12-18(13-22)23-9-5-4-6-10-23/h7-8,11,17-18H,4-6,9-10,12-14H2,1-3H3,(H,21,24). The van der Waals surface area contributed by atoms with Crippen LogP contribution in [0.3, 0.4) is 0 Å². The van der Waals surface area contributed by atoms with Gasteiger partial charge in [0, 0.05) is 19.1 Å². The van der Waals surface area contributed by atoms with Gasteiger partial charge >= 0.3 is 0 Å². The predicted octanol–water partition coefficient (Wildman–Crippen LogP) is 2.65. The van der Waals surface area contributed by atoms with Crippen LogP contribution < -0.4 is 5.32 Å². The zero-order valence-corrected chi connectivity index (χ0v) is 15.3. The minimum atomic E-state index is 0.0663. The molecule has 0 bridgehead atoms. The molecule has 0 spiro atoms. The first-order valence-corrected chi connectivity index (χ1v) is 9.36. The van der Waals surface area contributed by atoms with E-state index in [0.717, 1.165) is 13.1 Å². The monoisotopic (exact) mass is 329 g/mol. The maximum Gasteiger partial charge on any atom is 0.234 e. The Labute approximate surface area is 146 Å². The molecule has 2 aliphatic rings. The van der Waals surface area contributed by atoms with Crippen molar-refractivity contribution in [1.82, 2.24) is 15.1 Å². The summed E-state index contributed by atoms with van der Waals surface area (Å²) in [5, 5.41) is 3.16. The molecular formula is C20H31N3O. The van der Waals surface area contributed by atoms with E-state index in [0.29, 0.717) is 12.6 Å². The van der Waals surface area contributed by atoms with Gasteiger partial charge in [-0.15, -0.1) is 0 Å². The molecule has 0 saturated carbocycles. The normalized spacial score (nSPS) is 21.3. The molecule has 0 aromatic heterocycles. The third-order valence-corrected chi connectivity index (χ3v) is 5.49. The summed E-state index contributed by atoms with van der Waals surface area (Å²) in [6.45, 7) is 11.4. The van der Waals surface area contributed by atoms with Crippen LogP contribution in [-0.4, -0.2) is 54.5 Å². The van der Waals surface area contributed by atoms with Gasteiger partial charge in [-0.2, -0.15) is 0 Å². The SMILES string of the molecule is Cc1ccc(C)c(C(C)NC(=O)CN2CC(N3CCCCC3)C2)c1. The van der Waals surface area contributed by atoms with E-state index in [1.165, 1.54) is 49.0 Å². The van der Waals surface area contributed by atoms with Gasteiger partial charge in [0.25, 0.3) is 0 Å². The van der Waals surface area contributed by atoms with E-state index >= 15 is 0 Å². The second-order valence-corrected chi connectivity index (χ2v) is 7.59. The Morgan fingerprint density at radius 3 is 2.62 bits per heavy atom. The molecule has 3 rings (SSSR count). The second kappa shape index (κ2) is 7.66. The molecular weight excluding hydrogens is 298 g/mol. The number of aryl methyl sites for hydroxylation is 2. The molecule has 2 saturated heterocycles. The molecule has 2 heterocycles. The molecule has 2 aliphatic heterocycles. The Hall–Kier alpha value is -1.39. The van der Waals surface area contributed by atoms with Crippen molar-refractivity contribution >= 4 is 5.91 Å². The summed E-state index contributed by atoms with van der Waals surface area (Å²) in [6.07, 6.45) is 4.06. The molecule has 1 unspecified atom stereocenters. The zero-order chi connectivity index (χ0) is 17.1. The van der Waals surface area contributed by atoms with E-state index in [2.05, 4.69) is 54.1 Å². The Kier molecular flexibility index (Phi) is 5.57.